The maximum atomic E-state index is 9.41. The zero-order chi connectivity index (χ0) is 9.54. The summed E-state index contributed by atoms with van der Waals surface area (Å²) in [5.41, 5.74) is 2.80. The van der Waals surface area contributed by atoms with Crippen molar-refractivity contribution in [3.05, 3.63) is 29.3 Å². The van der Waals surface area contributed by atoms with E-state index in [2.05, 4.69) is 11.4 Å². The molecule has 0 amide bonds. The van der Waals surface area contributed by atoms with Crippen LogP contribution in [0.25, 0.3) is 0 Å². The van der Waals surface area contributed by atoms with Crippen LogP contribution in [0.15, 0.2) is 18.2 Å². The Bertz CT molecular complexity index is 361. The highest BCUT2D eigenvalue weighted by Crippen LogP contribution is 2.39. The smallest absolute Gasteiger partial charge is 0.115 e. The summed E-state index contributed by atoms with van der Waals surface area (Å²) in [5.74, 6) is 1.10. The number of piperidine rings is 1. The lowest BCUT2D eigenvalue weighted by Gasteiger charge is -2.26. The molecule has 0 spiro atoms. The van der Waals surface area contributed by atoms with Crippen LogP contribution in [0.5, 0.6) is 5.75 Å². The van der Waals surface area contributed by atoms with E-state index in [9.17, 15) is 5.11 Å². The van der Waals surface area contributed by atoms with Gasteiger partial charge in [-0.3, -0.25) is 0 Å². The average molecular weight is 189 g/mol. The topological polar surface area (TPSA) is 32.3 Å². The number of benzene rings is 1. The molecule has 2 aliphatic rings. The van der Waals surface area contributed by atoms with Crippen molar-refractivity contribution in [2.45, 2.75) is 31.2 Å². The van der Waals surface area contributed by atoms with Crippen LogP contribution in [0.4, 0.5) is 0 Å². The van der Waals surface area contributed by atoms with Gasteiger partial charge in [0.05, 0.1) is 0 Å². The first-order valence-corrected chi connectivity index (χ1v) is 5.40. The van der Waals surface area contributed by atoms with Gasteiger partial charge in [-0.1, -0.05) is 6.07 Å². The molecule has 2 N–H and O–H groups in total. The SMILES string of the molecule is Oc1ccc2c(c1)CC1NCCC[C@H]21. The van der Waals surface area contributed by atoms with Crippen molar-refractivity contribution in [1.82, 2.24) is 5.32 Å². The number of hydrogen-bond donors (Lipinski definition) is 2. The third kappa shape index (κ3) is 1.14. The molecule has 0 bridgehead atoms. The van der Waals surface area contributed by atoms with Gasteiger partial charge in [0, 0.05) is 6.04 Å². The molecule has 14 heavy (non-hydrogen) atoms. The van der Waals surface area contributed by atoms with Gasteiger partial charge >= 0.3 is 0 Å². The maximum absolute atomic E-state index is 9.41. The minimum atomic E-state index is 0.405. The molecule has 2 nitrogen and oxygen atoms in total. The van der Waals surface area contributed by atoms with Gasteiger partial charge in [-0.25, -0.2) is 0 Å². The lowest BCUT2D eigenvalue weighted by molar-refractivity contribution is 0.372. The summed E-state index contributed by atoms with van der Waals surface area (Å²) < 4.78 is 0. The quantitative estimate of drug-likeness (QED) is 0.652. The van der Waals surface area contributed by atoms with Crippen molar-refractivity contribution in [2.24, 2.45) is 0 Å². The van der Waals surface area contributed by atoms with E-state index >= 15 is 0 Å². The number of aromatic hydroxyl groups is 1. The van der Waals surface area contributed by atoms with E-state index in [-0.39, 0.29) is 0 Å². The molecule has 74 valence electrons. The standard InChI is InChI=1S/C12H15NO/c14-9-3-4-10-8(6-9)7-12-11(10)2-1-5-13-12/h3-4,6,11-14H,1-2,5,7H2/t11-,12?/m1/s1. The Labute approximate surface area is 84.0 Å². The Kier molecular flexibility index (Phi) is 1.77. The van der Waals surface area contributed by atoms with E-state index in [0.717, 1.165) is 13.0 Å². The highest BCUT2D eigenvalue weighted by atomic mass is 16.3. The van der Waals surface area contributed by atoms with E-state index in [0.29, 0.717) is 17.7 Å². The first-order chi connectivity index (χ1) is 6.84. The molecule has 1 fully saturated rings. The summed E-state index contributed by atoms with van der Waals surface area (Å²) >= 11 is 0. The third-order valence-electron chi connectivity index (χ3n) is 3.55. The number of rotatable bonds is 0. The molecular formula is C12H15NO. The van der Waals surface area contributed by atoms with Crippen LogP contribution in [0, 0.1) is 0 Å². The predicted octanol–water partition coefficient (Wildman–Crippen LogP) is 1.78. The average Bonchev–Trinajstić information content (AvgIpc) is 2.54. The van der Waals surface area contributed by atoms with Crippen LogP contribution in [0.1, 0.15) is 29.9 Å². The first kappa shape index (κ1) is 8.30. The molecule has 3 rings (SSSR count). The monoisotopic (exact) mass is 189 g/mol. The normalized spacial score (nSPS) is 29.7. The van der Waals surface area contributed by atoms with E-state index in [4.69, 9.17) is 0 Å². The van der Waals surface area contributed by atoms with Crippen LogP contribution in [0.3, 0.4) is 0 Å². The molecule has 0 aromatic heterocycles. The number of hydrogen-bond acceptors (Lipinski definition) is 2. The van der Waals surface area contributed by atoms with Gasteiger partial charge in [0.15, 0.2) is 0 Å². The largest absolute Gasteiger partial charge is 0.508 e. The van der Waals surface area contributed by atoms with Crippen LogP contribution in [-0.4, -0.2) is 17.7 Å². The molecule has 0 radical (unpaired) electrons. The summed E-state index contributed by atoms with van der Waals surface area (Å²) in [6.45, 7) is 1.15. The number of fused-ring (bicyclic) bond motifs is 3. The Morgan fingerprint density at radius 1 is 1.36 bits per heavy atom. The van der Waals surface area contributed by atoms with E-state index < -0.39 is 0 Å². The van der Waals surface area contributed by atoms with Crippen LogP contribution in [-0.2, 0) is 6.42 Å². The Hall–Kier alpha value is -1.02. The zero-order valence-electron chi connectivity index (χ0n) is 8.16. The molecule has 2 heteroatoms. The first-order valence-electron chi connectivity index (χ1n) is 5.40. The van der Waals surface area contributed by atoms with E-state index in [1.165, 1.54) is 24.0 Å². The van der Waals surface area contributed by atoms with Gasteiger partial charge < -0.3 is 10.4 Å². The number of nitrogens with one attached hydrogen (secondary N) is 1. The third-order valence-corrected chi connectivity index (χ3v) is 3.55. The summed E-state index contributed by atoms with van der Waals surface area (Å²) in [6.07, 6.45) is 3.67. The van der Waals surface area contributed by atoms with Crippen molar-refractivity contribution >= 4 is 0 Å². The van der Waals surface area contributed by atoms with Crippen molar-refractivity contribution in [2.75, 3.05) is 6.54 Å². The fourth-order valence-corrected chi connectivity index (χ4v) is 2.91. The molecule has 0 saturated carbocycles. The molecule has 1 saturated heterocycles. The minimum Gasteiger partial charge on any atom is -0.508 e. The lowest BCUT2D eigenvalue weighted by atomic mass is 9.90. The van der Waals surface area contributed by atoms with Gasteiger partial charge in [0.25, 0.3) is 0 Å². The minimum absolute atomic E-state index is 0.405. The molecule has 1 aromatic rings. The van der Waals surface area contributed by atoms with Gasteiger partial charge in [-0.05, 0) is 55.0 Å². The molecule has 1 unspecified atom stereocenters. The molecule has 1 aromatic carbocycles. The maximum Gasteiger partial charge on any atom is 0.115 e. The van der Waals surface area contributed by atoms with E-state index in [1.807, 2.05) is 12.1 Å². The Morgan fingerprint density at radius 2 is 2.29 bits per heavy atom. The highest BCUT2D eigenvalue weighted by Gasteiger charge is 2.33. The van der Waals surface area contributed by atoms with Crippen molar-refractivity contribution in [3.63, 3.8) is 0 Å². The van der Waals surface area contributed by atoms with E-state index in [1.54, 1.807) is 0 Å². The fourth-order valence-electron chi connectivity index (χ4n) is 2.91. The molecular weight excluding hydrogens is 174 g/mol. The van der Waals surface area contributed by atoms with Crippen LogP contribution >= 0.6 is 0 Å². The fraction of sp³-hybridized carbons (Fsp3) is 0.500. The second-order valence-electron chi connectivity index (χ2n) is 4.40. The second-order valence-corrected chi connectivity index (χ2v) is 4.40. The number of phenolic OH excluding ortho intramolecular Hbond substituents is 1. The van der Waals surface area contributed by atoms with Gasteiger partial charge in [-0.2, -0.15) is 0 Å². The summed E-state index contributed by atoms with van der Waals surface area (Å²) in [5, 5.41) is 13.0. The zero-order valence-corrected chi connectivity index (χ0v) is 8.16. The molecule has 1 aliphatic heterocycles. The summed E-state index contributed by atoms with van der Waals surface area (Å²) in [4.78, 5) is 0. The highest BCUT2D eigenvalue weighted by molar-refractivity contribution is 5.42. The molecule has 1 heterocycles. The van der Waals surface area contributed by atoms with Crippen molar-refractivity contribution in [3.8, 4) is 5.75 Å². The van der Waals surface area contributed by atoms with Crippen molar-refractivity contribution < 1.29 is 5.11 Å². The van der Waals surface area contributed by atoms with Gasteiger partial charge in [-0.15, -0.1) is 0 Å². The Morgan fingerprint density at radius 3 is 3.21 bits per heavy atom. The second kappa shape index (κ2) is 2.99. The van der Waals surface area contributed by atoms with Crippen LogP contribution in [0.2, 0.25) is 0 Å². The predicted molar refractivity (Wildman–Crippen MR) is 55.6 cm³/mol. The van der Waals surface area contributed by atoms with Gasteiger partial charge in [0.1, 0.15) is 5.75 Å². The summed E-state index contributed by atoms with van der Waals surface area (Å²) in [7, 11) is 0. The Balaban J connectivity index is 2.01. The van der Waals surface area contributed by atoms with Crippen LogP contribution < -0.4 is 5.32 Å². The molecule has 2 atom stereocenters. The lowest BCUT2D eigenvalue weighted by Crippen LogP contribution is -2.37. The van der Waals surface area contributed by atoms with Crippen molar-refractivity contribution in [1.29, 1.82) is 0 Å². The summed E-state index contributed by atoms with van der Waals surface area (Å²) in [6, 6.07) is 6.47. The van der Waals surface area contributed by atoms with Gasteiger partial charge in [0.2, 0.25) is 0 Å². The molecule has 1 aliphatic carbocycles. The number of phenols is 1.